The van der Waals surface area contributed by atoms with E-state index in [1.807, 2.05) is 24.3 Å². The lowest BCUT2D eigenvalue weighted by molar-refractivity contribution is -0.156. The van der Waals surface area contributed by atoms with Crippen LogP contribution in [0.3, 0.4) is 0 Å². The van der Waals surface area contributed by atoms with Crippen LogP contribution in [-0.2, 0) is 19.1 Å². The molecule has 1 heterocycles. The van der Waals surface area contributed by atoms with Gasteiger partial charge in [0.05, 0.1) is 12.5 Å². The number of fused-ring (bicyclic) bond motifs is 3. The molecule has 2 atom stereocenters. The van der Waals surface area contributed by atoms with Crippen LogP contribution in [0.2, 0.25) is 0 Å². The van der Waals surface area contributed by atoms with Crippen molar-refractivity contribution >= 4 is 18.0 Å². The maximum atomic E-state index is 12.8. The molecule has 180 valence electrons. The van der Waals surface area contributed by atoms with E-state index in [9.17, 15) is 19.5 Å². The number of carbonyl (C=O) groups excluding carboxylic acids is 2. The number of amides is 2. The Kier molecular flexibility index (Phi) is 6.88. The summed E-state index contributed by atoms with van der Waals surface area (Å²) < 4.78 is 10.9. The zero-order chi connectivity index (χ0) is 24.3. The Balaban J connectivity index is 1.31. The number of hydrogen-bond donors (Lipinski definition) is 2. The van der Waals surface area contributed by atoms with E-state index < -0.39 is 23.7 Å². The van der Waals surface area contributed by atoms with Crippen molar-refractivity contribution in [1.82, 2.24) is 10.2 Å². The van der Waals surface area contributed by atoms with E-state index in [0.29, 0.717) is 19.4 Å². The third kappa shape index (κ3) is 4.50. The average Bonchev–Trinajstić information content (AvgIpc) is 3.39. The molecule has 0 saturated carbocycles. The first kappa shape index (κ1) is 23.8. The van der Waals surface area contributed by atoms with Gasteiger partial charge >= 0.3 is 12.1 Å². The van der Waals surface area contributed by atoms with Crippen LogP contribution in [0.25, 0.3) is 11.1 Å². The van der Waals surface area contributed by atoms with Crippen LogP contribution in [0.5, 0.6) is 0 Å². The first-order valence-corrected chi connectivity index (χ1v) is 11.5. The predicted octanol–water partition coefficient (Wildman–Crippen LogP) is 3.40. The number of alkyl carbamates (subject to hydrolysis) is 1. The van der Waals surface area contributed by atoms with E-state index in [-0.39, 0.29) is 31.4 Å². The molecule has 0 radical (unpaired) electrons. The van der Waals surface area contributed by atoms with Gasteiger partial charge in [-0.1, -0.05) is 48.5 Å². The van der Waals surface area contributed by atoms with E-state index in [2.05, 4.69) is 29.6 Å². The smallest absolute Gasteiger partial charge is 0.407 e. The van der Waals surface area contributed by atoms with E-state index >= 15 is 0 Å². The van der Waals surface area contributed by atoms with Gasteiger partial charge in [-0.25, -0.2) is 9.59 Å². The zero-order valence-electron chi connectivity index (χ0n) is 19.5. The van der Waals surface area contributed by atoms with Gasteiger partial charge in [0.1, 0.15) is 12.1 Å². The highest BCUT2D eigenvalue weighted by Gasteiger charge is 2.46. The number of carboxylic acid groups (broad SMARTS) is 1. The Morgan fingerprint density at radius 3 is 2.32 bits per heavy atom. The molecular weight excluding hydrogens is 436 g/mol. The van der Waals surface area contributed by atoms with Crippen LogP contribution in [0.4, 0.5) is 4.79 Å². The van der Waals surface area contributed by atoms with Crippen molar-refractivity contribution < 1.29 is 29.0 Å². The van der Waals surface area contributed by atoms with Crippen molar-refractivity contribution in [2.45, 2.75) is 43.7 Å². The third-order valence-electron chi connectivity index (χ3n) is 6.96. The van der Waals surface area contributed by atoms with Gasteiger partial charge in [-0.3, -0.25) is 4.79 Å². The van der Waals surface area contributed by atoms with Gasteiger partial charge in [0.25, 0.3) is 0 Å². The van der Waals surface area contributed by atoms with Crippen molar-refractivity contribution in [1.29, 1.82) is 0 Å². The molecule has 2 N–H and O–H groups in total. The number of ether oxygens (including phenoxy) is 2. The van der Waals surface area contributed by atoms with E-state index in [1.165, 1.54) is 12.0 Å². The Labute approximate surface area is 198 Å². The molecule has 8 nitrogen and oxygen atoms in total. The molecule has 1 unspecified atom stereocenters. The van der Waals surface area contributed by atoms with Gasteiger partial charge in [0.2, 0.25) is 5.91 Å². The van der Waals surface area contributed by atoms with Gasteiger partial charge < -0.3 is 24.8 Å². The maximum Gasteiger partial charge on any atom is 0.407 e. The fourth-order valence-corrected chi connectivity index (χ4v) is 4.98. The number of methoxy groups -OCH3 is 1. The van der Waals surface area contributed by atoms with Gasteiger partial charge in [-0.2, -0.15) is 0 Å². The second-order valence-corrected chi connectivity index (χ2v) is 9.00. The number of aliphatic carboxylic acids is 1. The number of likely N-dealkylation sites (tertiary alicyclic amines) is 1. The van der Waals surface area contributed by atoms with E-state index in [4.69, 9.17) is 9.47 Å². The summed E-state index contributed by atoms with van der Waals surface area (Å²) in [6.45, 7) is 2.24. The Hall–Kier alpha value is -3.39. The molecule has 0 spiro atoms. The van der Waals surface area contributed by atoms with E-state index in [0.717, 1.165) is 22.3 Å². The lowest BCUT2D eigenvalue weighted by Gasteiger charge is -2.32. The number of benzene rings is 2. The second-order valence-electron chi connectivity index (χ2n) is 9.00. The number of rotatable bonds is 8. The lowest BCUT2D eigenvalue weighted by atomic mass is 9.98. The minimum Gasteiger partial charge on any atom is -0.480 e. The fourth-order valence-electron chi connectivity index (χ4n) is 4.98. The standard InChI is InChI=1S/C26H30N2O6/c1-26(24(30)31)12-7-13-28(26)23(29)14-17(33-2)15-27-25(32)34-16-22-20-10-5-3-8-18(20)19-9-4-6-11-21(19)22/h3-6,8-11,17,22H,7,12-16H2,1-2H3,(H,27,32)(H,30,31)/t17?,26-/m0/s1. The summed E-state index contributed by atoms with van der Waals surface area (Å²) >= 11 is 0. The van der Waals surface area contributed by atoms with Crippen LogP contribution in [0.1, 0.15) is 43.2 Å². The molecule has 1 aliphatic heterocycles. The summed E-state index contributed by atoms with van der Waals surface area (Å²) in [6, 6.07) is 16.2. The summed E-state index contributed by atoms with van der Waals surface area (Å²) in [6.07, 6.45) is -0.142. The van der Waals surface area contributed by atoms with Gasteiger partial charge in [0, 0.05) is 26.1 Å². The summed E-state index contributed by atoms with van der Waals surface area (Å²) in [4.78, 5) is 38.2. The van der Waals surface area contributed by atoms with Crippen LogP contribution >= 0.6 is 0 Å². The quantitative estimate of drug-likeness (QED) is 0.618. The van der Waals surface area contributed by atoms with Crippen molar-refractivity contribution in [2.24, 2.45) is 0 Å². The number of carbonyl (C=O) groups is 3. The molecule has 2 aromatic rings. The molecular formula is C26H30N2O6. The topological polar surface area (TPSA) is 105 Å². The number of nitrogens with zero attached hydrogens (tertiary/aromatic N) is 1. The van der Waals surface area contributed by atoms with Gasteiger partial charge in [-0.15, -0.1) is 0 Å². The monoisotopic (exact) mass is 466 g/mol. The summed E-state index contributed by atoms with van der Waals surface area (Å²) in [5.74, 6) is -1.35. The largest absolute Gasteiger partial charge is 0.480 e. The summed E-state index contributed by atoms with van der Waals surface area (Å²) in [5.41, 5.74) is 3.36. The van der Waals surface area contributed by atoms with Crippen LogP contribution in [-0.4, -0.2) is 66.4 Å². The lowest BCUT2D eigenvalue weighted by Crippen LogP contribution is -2.51. The highest BCUT2D eigenvalue weighted by molar-refractivity contribution is 5.87. The second kappa shape index (κ2) is 9.85. The molecule has 2 aliphatic rings. The van der Waals surface area contributed by atoms with Gasteiger partial charge in [0.15, 0.2) is 0 Å². The van der Waals surface area contributed by atoms with E-state index in [1.54, 1.807) is 6.92 Å². The van der Waals surface area contributed by atoms with Crippen LogP contribution in [0, 0.1) is 0 Å². The first-order chi connectivity index (χ1) is 16.3. The molecule has 2 aromatic carbocycles. The molecule has 34 heavy (non-hydrogen) atoms. The van der Waals surface area contributed by atoms with Crippen molar-refractivity contribution in [3.8, 4) is 11.1 Å². The molecule has 2 amide bonds. The average molecular weight is 467 g/mol. The van der Waals surface area contributed by atoms with Crippen LogP contribution in [0.15, 0.2) is 48.5 Å². The highest BCUT2D eigenvalue weighted by Crippen LogP contribution is 2.44. The highest BCUT2D eigenvalue weighted by atomic mass is 16.5. The molecule has 1 saturated heterocycles. The minimum absolute atomic E-state index is 0.0248. The van der Waals surface area contributed by atoms with Crippen molar-refractivity contribution in [3.05, 3.63) is 59.7 Å². The Morgan fingerprint density at radius 2 is 1.74 bits per heavy atom. The maximum absolute atomic E-state index is 12.8. The first-order valence-electron chi connectivity index (χ1n) is 11.5. The van der Waals surface area contributed by atoms with Gasteiger partial charge in [-0.05, 0) is 42.0 Å². The molecule has 8 heteroatoms. The van der Waals surface area contributed by atoms with Crippen molar-refractivity contribution in [2.75, 3.05) is 26.8 Å². The van der Waals surface area contributed by atoms with Crippen molar-refractivity contribution in [3.63, 3.8) is 0 Å². The molecule has 0 aromatic heterocycles. The minimum atomic E-state index is -1.20. The summed E-state index contributed by atoms with van der Waals surface area (Å²) in [5, 5.41) is 12.2. The molecule has 4 rings (SSSR count). The number of nitrogens with one attached hydrogen (secondary N) is 1. The number of carboxylic acids is 1. The SMILES string of the molecule is COC(CNC(=O)OCC1c2ccccc2-c2ccccc21)CC(=O)N1CCC[C@@]1(C)C(=O)O. The Bertz CT molecular complexity index is 1040. The molecule has 1 aliphatic carbocycles. The fraction of sp³-hybridized carbons (Fsp3) is 0.423. The third-order valence-corrected chi connectivity index (χ3v) is 6.96. The van der Waals surface area contributed by atoms with Crippen LogP contribution < -0.4 is 5.32 Å². The predicted molar refractivity (Wildman–Crippen MR) is 125 cm³/mol. The summed E-state index contributed by atoms with van der Waals surface area (Å²) in [7, 11) is 1.46. The Morgan fingerprint density at radius 1 is 1.12 bits per heavy atom. The number of hydrogen-bond acceptors (Lipinski definition) is 5. The molecule has 1 fully saturated rings. The normalized spacial score (nSPS) is 19.9. The molecule has 0 bridgehead atoms. The zero-order valence-corrected chi connectivity index (χ0v) is 19.5.